The summed E-state index contributed by atoms with van der Waals surface area (Å²) in [5.74, 6) is 0.648. The fourth-order valence-corrected chi connectivity index (χ4v) is 8.50. The molecule has 1 saturated heterocycles. The summed E-state index contributed by atoms with van der Waals surface area (Å²) in [6.45, 7) is 18.6. The maximum absolute atomic E-state index is 10.1. The van der Waals surface area contributed by atoms with Gasteiger partial charge in [0.25, 0.3) is 0 Å². The lowest BCUT2D eigenvalue weighted by molar-refractivity contribution is -0.198. The Morgan fingerprint density at radius 1 is 1.20 bits per heavy atom. The molecule has 0 aromatic heterocycles. The fourth-order valence-electron chi connectivity index (χ4n) is 6.94. The van der Waals surface area contributed by atoms with Crippen LogP contribution >= 0.6 is 0 Å². The van der Waals surface area contributed by atoms with Gasteiger partial charge in [0.15, 0.2) is 8.32 Å². The van der Waals surface area contributed by atoms with Crippen LogP contribution in [0.5, 0.6) is 0 Å². The van der Waals surface area contributed by atoms with Crippen LogP contribution in [0.2, 0.25) is 19.6 Å². The topological polar surface area (TPSA) is 51.4 Å². The maximum Gasteiger partial charge on any atom is 0.184 e. The van der Waals surface area contributed by atoms with Crippen molar-refractivity contribution in [2.75, 3.05) is 6.61 Å². The van der Waals surface area contributed by atoms with Gasteiger partial charge in [-0.15, -0.1) is 6.58 Å². The molecule has 0 unspecified atom stereocenters. The fraction of sp³-hybridized carbons (Fsp3) is 0.905. The number of hydrogen-bond donors (Lipinski definition) is 2. The lowest BCUT2D eigenvalue weighted by Gasteiger charge is -2.66. The minimum atomic E-state index is -1.80. The Kier molecular flexibility index (Phi) is 4.64. The largest absolute Gasteiger partial charge is 0.410 e. The van der Waals surface area contributed by atoms with E-state index in [0.717, 1.165) is 12.8 Å². The van der Waals surface area contributed by atoms with Gasteiger partial charge in [0, 0.05) is 24.5 Å². The molecule has 0 radical (unpaired) electrons. The second-order valence-corrected chi connectivity index (χ2v) is 15.1. The third-order valence-corrected chi connectivity index (χ3v) is 8.70. The number of rotatable bonds is 5. The third kappa shape index (κ3) is 2.70. The summed E-state index contributed by atoms with van der Waals surface area (Å²) in [5.41, 5.74) is 0.118. The second-order valence-electron chi connectivity index (χ2n) is 10.7. The van der Waals surface area contributed by atoms with Crippen LogP contribution in [0.3, 0.4) is 0 Å². The van der Waals surface area contributed by atoms with Crippen LogP contribution in [0.1, 0.15) is 59.3 Å². The summed E-state index contributed by atoms with van der Waals surface area (Å²) < 4.78 is 7.15. The molecule has 1 heterocycles. The molecule has 5 atom stereocenters. The highest BCUT2D eigenvalue weighted by Crippen LogP contribution is 2.69. The first-order chi connectivity index (χ1) is 11.5. The Morgan fingerprint density at radius 3 is 2.40 bits per heavy atom. The van der Waals surface area contributed by atoms with Gasteiger partial charge < -0.3 is 9.53 Å². The summed E-state index contributed by atoms with van der Waals surface area (Å²) in [6, 6.07) is 0.318. The normalized spacial score (nSPS) is 45.9. The van der Waals surface area contributed by atoms with Gasteiger partial charge in [0.1, 0.15) is 0 Å². The first-order valence-electron chi connectivity index (χ1n) is 10.2. The van der Waals surface area contributed by atoms with Crippen LogP contribution in [0.4, 0.5) is 0 Å². The molecule has 144 valence electrons. The minimum absolute atomic E-state index is 0.0313. The van der Waals surface area contributed by atoms with Crippen molar-refractivity contribution in [3.8, 4) is 0 Å². The van der Waals surface area contributed by atoms with Gasteiger partial charge in [-0.25, -0.2) is 0 Å². The monoisotopic (exact) mass is 365 g/mol. The van der Waals surface area contributed by atoms with Crippen LogP contribution < -0.4 is 5.32 Å². The van der Waals surface area contributed by atoms with E-state index >= 15 is 0 Å². The SMILES string of the molecule is C=C[C@@H]1N[C@@]12CC[C@H]1C(C)(C)CCC[C@]1(C)[C@@]2(CCO)O[Si](C)(C)C. The Hall–Kier alpha value is -0.163. The third-order valence-electron chi connectivity index (χ3n) is 7.74. The smallest absolute Gasteiger partial charge is 0.184 e. The molecule has 4 heteroatoms. The van der Waals surface area contributed by atoms with Crippen LogP contribution in [0.25, 0.3) is 0 Å². The van der Waals surface area contributed by atoms with Crippen molar-refractivity contribution in [2.45, 2.75) is 96.1 Å². The molecule has 3 nitrogen and oxygen atoms in total. The molecular weight excluding hydrogens is 326 g/mol. The summed E-state index contributed by atoms with van der Waals surface area (Å²) in [6.07, 6.45) is 8.96. The standard InChI is InChI=1S/C21H39NO2Si/c1-8-17-20(22-17)13-10-16-18(2,3)11-9-12-19(16,4)21(20,14-15-23)24-25(5,6)7/h8,16-17,22-23H,1,9-15H2,2-7H3/t16-,17-,19-,20-,21+/m0/s1. The highest BCUT2D eigenvalue weighted by Gasteiger charge is 2.76. The van der Waals surface area contributed by atoms with Crippen molar-refractivity contribution < 1.29 is 9.53 Å². The van der Waals surface area contributed by atoms with Gasteiger partial charge >= 0.3 is 0 Å². The molecule has 0 aromatic rings. The van der Waals surface area contributed by atoms with Gasteiger partial charge in [-0.3, -0.25) is 5.32 Å². The van der Waals surface area contributed by atoms with Crippen molar-refractivity contribution >= 4 is 8.32 Å². The highest BCUT2D eigenvalue weighted by atomic mass is 28.4. The molecule has 1 aliphatic heterocycles. The minimum Gasteiger partial charge on any atom is -0.410 e. The second kappa shape index (κ2) is 5.92. The molecule has 1 spiro atoms. The van der Waals surface area contributed by atoms with Crippen molar-refractivity contribution in [1.82, 2.24) is 5.32 Å². The van der Waals surface area contributed by atoms with Crippen molar-refractivity contribution in [1.29, 1.82) is 0 Å². The van der Waals surface area contributed by atoms with E-state index in [4.69, 9.17) is 4.43 Å². The zero-order valence-electron chi connectivity index (χ0n) is 17.2. The summed E-state index contributed by atoms with van der Waals surface area (Å²) in [4.78, 5) is 0. The Balaban J connectivity index is 2.16. The molecule has 2 saturated carbocycles. The van der Waals surface area contributed by atoms with E-state index in [9.17, 15) is 5.11 Å². The Morgan fingerprint density at radius 2 is 1.88 bits per heavy atom. The Labute approximate surface area is 155 Å². The first-order valence-corrected chi connectivity index (χ1v) is 13.6. The molecular formula is C21H39NO2Si. The number of aliphatic hydroxyl groups is 1. The van der Waals surface area contributed by atoms with Crippen LogP contribution in [0, 0.1) is 16.7 Å². The predicted molar refractivity (Wildman–Crippen MR) is 107 cm³/mol. The van der Waals surface area contributed by atoms with E-state index in [1.165, 1.54) is 25.7 Å². The lowest BCUT2D eigenvalue weighted by Crippen LogP contribution is -2.71. The molecule has 3 aliphatic rings. The molecule has 3 fully saturated rings. The molecule has 0 bridgehead atoms. The van der Waals surface area contributed by atoms with Gasteiger partial charge in [0.05, 0.1) is 11.1 Å². The number of aliphatic hydroxyl groups excluding tert-OH is 1. The van der Waals surface area contributed by atoms with E-state index < -0.39 is 8.32 Å². The maximum atomic E-state index is 10.1. The highest BCUT2D eigenvalue weighted by molar-refractivity contribution is 6.69. The predicted octanol–water partition coefficient (Wildman–Crippen LogP) is 4.48. The van der Waals surface area contributed by atoms with E-state index in [2.05, 4.69) is 58.4 Å². The van der Waals surface area contributed by atoms with Crippen molar-refractivity contribution in [2.24, 2.45) is 16.7 Å². The van der Waals surface area contributed by atoms with E-state index in [1.807, 2.05) is 0 Å². The quantitative estimate of drug-likeness (QED) is 0.429. The van der Waals surface area contributed by atoms with Crippen molar-refractivity contribution in [3.05, 3.63) is 12.7 Å². The van der Waals surface area contributed by atoms with E-state index in [1.54, 1.807) is 0 Å². The number of hydrogen-bond acceptors (Lipinski definition) is 3. The lowest BCUT2D eigenvalue weighted by atomic mass is 9.43. The average Bonchev–Trinajstić information content (AvgIpc) is 3.17. The molecule has 25 heavy (non-hydrogen) atoms. The van der Waals surface area contributed by atoms with Crippen molar-refractivity contribution in [3.63, 3.8) is 0 Å². The summed E-state index contributed by atoms with van der Waals surface area (Å²) in [7, 11) is -1.80. The van der Waals surface area contributed by atoms with Crippen LogP contribution in [0.15, 0.2) is 12.7 Å². The number of fused-ring (bicyclic) bond motifs is 1. The number of nitrogens with one attached hydrogen (secondary N) is 1. The van der Waals surface area contributed by atoms with Gasteiger partial charge in [0.2, 0.25) is 0 Å². The van der Waals surface area contributed by atoms with Gasteiger partial charge in [-0.1, -0.05) is 33.3 Å². The van der Waals surface area contributed by atoms with E-state index in [-0.39, 0.29) is 23.2 Å². The molecule has 0 aromatic carbocycles. The van der Waals surface area contributed by atoms with Crippen LogP contribution in [-0.4, -0.2) is 37.2 Å². The summed E-state index contributed by atoms with van der Waals surface area (Å²) >= 11 is 0. The zero-order valence-corrected chi connectivity index (χ0v) is 18.2. The molecule has 3 rings (SSSR count). The average molecular weight is 366 g/mol. The Bertz CT molecular complexity index is 543. The molecule has 2 N–H and O–H groups in total. The van der Waals surface area contributed by atoms with Crippen LogP contribution in [-0.2, 0) is 4.43 Å². The summed E-state index contributed by atoms with van der Waals surface area (Å²) in [5, 5.41) is 13.9. The zero-order chi connectivity index (χ0) is 18.7. The molecule has 0 amide bonds. The first kappa shape index (κ1) is 19.6. The van der Waals surface area contributed by atoms with Gasteiger partial charge in [-0.2, -0.15) is 0 Å². The van der Waals surface area contributed by atoms with Gasteiger partial charge in [-0.05, 0) is 56.7 Å². The molecule has 2 aliphatic carbocycles. The van der Waals surface area contributed by atoms with E-state index in [0.29, 0.717) is 17.4 Å².